The third-order valence-electron chi connectivity index (χ3n) is 5.70. The number of carbonyl (C=O) groups is 2. The lowest BCUT2D eigenvalue weighted by Crippen LogP contribution is -2.54. The smallest absolute Gasteiger partial charge is 0.309 e. The van der Waals surface area contributed by atoms with Crippen molar-refractivity contribution >= 4 is 11.9 Å². The summed E-state index contributed by atoms with van der Waals surface area (Å²) in [6.07, 6.45) is 0.0723. The van der Waals surface area contributed by atoms with Crippen molar-refractivity contribution in [2.24, 2.45) is 11.8 Å². The summed E-state index contributed by atoms with van der Waals surface area (Å²) >= 11 is 0. The van der Waals surface area contributed by atoms with Crippen molar-refractivity contribution in [3.05, 3.63) is 41.6 Å². The van der Waals surface area contributed by atoms with E-state index in [0.717, 1.165) is 12.1 Å². The van der Waals surface area contributed by atoms with E-state index in [1.807, 2.05) is 0 Å². The van der Waals surface area contributed by atoms with Crippen molar-refractivity contribution in [1.82, 2.24) is 15.4 Å². The van der Waals surface area contributed by atoms with Crippen LogP contribution in [0.1, 0.15) is 23.3 Å². The zero-order valence-electron chi connectivity index (χ0n) is 16.2. The molecule has 0 unspecified atom stereocenters. The zero-order valence-corrected chi connectivity index (χ0v) is 16.2. The number of halogens is 4. The Morgan fingerprint density at radius 1 is 1.29 bits per heavy atom. The van der Waals surface area contributed by atoms with Crippen LogP contribution in [0.4, 0.5) is 17.6 Å². The number of hydrogen-bond acceptors (Lipinski definition) is 5. The van der Waals surface area contributed by atoms with Crippen molar-refractivity contribution in [3.8, 4) is 11.3 Å². The molecule has 2 heterocycles. The second-order valence-electron chi connectivity index (χ2n) is 7.94. The number of piperidine rings is 1. The topological polar surface area (TPSA) is 95.7 Å². The van der Waals surface area contributed by atoms with Gasteiger partial charge in [0.2, 0.25) is 0 Å². The number of carboxylic acids is 1. The van der Waals surface area contributed by atoms with Gasteiger partial charge in [-0.05, 0) is 18.6 Å². The largest absolute Gasteiger partial charge is 0.481 e. The molecular weight excluding hydrogens is 422 g/mol. The average molecular weight is 441 g/mol. The number of aliphatic carboxylic acids is 1. The monoisotopic (exact) mass is 441 g/mol. The minimum atomic E-state index is -2.68. The SMILES string of the molecule is O=C(N[C@H]1CCN(C[C@H]2CC2(F)F)C[C@@H]1C(=O)O)c1cc(-c2ccc(F)cc2F)on1. The summed E-state index contributed by atoms with van der Waals surface area (Å²) in [6.45, 7) is 0.525. The Morgan fingerprint density at radius 2 is 2.03 bits per heavy atom. The number of benzene rings is 1. The molecule has 11 heteroatoms. The van der Waals surface area contributed by atoms with Crippen LogP contribution in [0.15, 0.2) is 28.8 Å². The van der Waals surface area contributed by atoms with E-state index >= 15 is 0 Å². The molecule has 4 rings (SSSR count). The van der Waals surface area contributed by atoms with Crippen LogP contribution >= 0.6 is 0 Å². The van der Waals surface area contributed by atoms with Crippen molar-refractivity contribution in [2.75, 3.05) is 19.6 Å². The van der Waals surface area contributed by atoms with E-state index in [1.165, 1.54) is 6.07 Å². The molecule has 1 aromatic heterocycles. The molecule has 3 atom stereocenters. The number of amides is 1. The number of carbonyl (C=O) groups excluding carboxylic acids is 1. The summed E-state index contributed by atoms with van der Waals surface area (Å²) in [4.78, 5) is 25.9. The maximum absolute atomic E-state index is 13.9. The Balaban J connectivity index is 1.41. The van der Waals surface area contributed by atoms with Crippen LogP contribution in [-0.2, 0) is 4.79 Å². The Hall–Kier alpha value is -2.95. The van der Waals surface area contributed by atoms with E-state index in [4.69, 9.17) is 4.52 Å². The van der Waals surface area contributed by atoms with Crippen LogP contribution < -0.4 is 5.32 Å². The lowest BCUT2D eigenvalue weighted by molar-refractivity contribution is -0.144. The molecule has 1 aliphatic heterocycles. The van der Waals surface area contributed by atoms with Crippen LogP contribution in [0.25, 0.3) is 11.3 Å². The van der Waals surface area contributed by atoms with Gasteiger partial charge < -0.3 is 19.8 Å². The van der Waals surface area contributed by atoms with Gasteiger partial charge in [0.1, 0.15) is 11.6 Å². The average Bonchev–Trinajstić information content (AvgIpc) is 3.08. The number of nitrogens with one attached hydrogen (secondary N) is 1. The molecule has 7 nitrogen and oxygen atoms in total. The van der Waals surface area contributed by atoms with Crippen LogP contribution in [0.2, 0.25) is 0 Å². The van der Waals surface area contributed by atoms with Gasteiger partial charge in [0.15, 0.2) is 11.5 Å². The standard InChI is InChI=1S/C20H19F4N3O4/c21-11-1-2-12(14(22)5-11)17-6-16(26-31-17)18(28)25-15-3-4-27(9-13(15)19(29)30)8-10-7-20(10,23)24/h1-2,5-6,10,13,15H,3-4,7-9H2,(H,25,28)(H,29,30)/t10-,13+,15+/m1/s1. The molecule has 2 N–H and O–H groups in total. The number of alkyl halides is 2. The number of hydrogen-bond donors (Lipinski definition) is 2. The van der Waals surface area contributed by atoms with Gasteiger partial charge in [0.05, 0.1) is 11.5 Å². The van der Waals surface area contributed by atoms with Gasteiger partial charge in [-0.15, -0.1) is 0 Å². The summed E-state index contributed by atoms with van der Waals surface area (Å²) in [6, 6.07) is 3.28. The molecule has 2 fully saturated rings. The maximum atomic E-state index is 13.9. The fourth-order valence-corrected chi connectivity index (χ4v) is 3.83. The Labute approximate surface area is 174 Å². The van der Waals surface area contributed by atoms with Crippen LogP contribution in [0, 0.1) is 23.5 Å². The lowest BCUT2D eigenvalue weighted by atomic mass is 9.91. The molecule has 1 saturated heterocycles. The summed E-state index contributed by atoms with van der Waals surface area (Å²) in [5.74, 6) is -8.02. The second kappa shape index (κ2) is 7.95. The molecule has 1 aliphatic carbocycles. The van der Waals surface area contributed by atoms with Crippen molar-refractivity contribution < 1.29 is 36.8 Å². The number of likely N-dealkylation sites (tertiary alicyclic amines) is 1. The number of rotatable bonds is 6. The zero-order chi connectivity index (χ0) is 22.3. The highest BCUT2D eigenvalue weighted by atomic mass is 19.3. The minimum Gasteiger partial charge on any atom is -0.481 e. The summed E-state index contributed by atoms with van der Waals surface area (Å²) < 4.78 is 58.2. The van der Waals surface area contributed by atoms with Crippen LogP contribution in [0.5, 0.6) is 0 Å². The number of aromatic nitrogens is 1. The van der Waals surface area contributed by atoms with Crippen molar-refractivity contribution in [1.29, 1.82) is 0 Å². The van der Waals surface area contributed by atoms with Gasteiger partial charge in [-0.3, -0.25) is 9.59 Å². The third kappa shape index (κ3) is 4.55. The van der Waals surface area contributed by atoms with E-state index < -0.39 is 47.3 Å². The maximum Gasteiger partial charge on any atom is 0.309 e. The highest BCUT2D eigenvalue weighted by molar-refractivity contribution is 5.93. The van der Waals surface area contributed by atoms with E-state index in [1.54, 1.807) is 4.90 Å². The third-order valence-corrected chi connectivity index (χ3v) is 5.70. The quantitative estimate of drug-likeness (QED) is 0.670. The van der Waals surface area contributed by atoms with E-state index in [0.29, 0.717) is 12.6 Å². The lowest BCUT2D eigenvalue weighted by Gasteiger charge is -2.36. The Morgan fingerprint density at radius 3 is 2.68 bits per heavy atom. The van der Waals surface area contributed by atoms with E-state index in [9.17, 15) is 32.3 Å². The van der Waals surface area contributed by atoms with Crippen molar-refractivity contribution in [3.63, 3.8) is 0 Å². The molecule has 2 aromatic rings. The Kier molecular flexibility index (Phi) is 5.46. The molecule has 0 spiro atoms. The molecule has 0 bridgehead atoms. The fraction of sp³-hybridized carbons (Fsp3) is 0.450. The summed E-state index contributed by atoms with van der Waals surface area (Å²) in [5, 5.41) is 15.7. The highest BCUT2D eigenvalue weighted by Gasteiger charge is 2.57. The van der Waals surface area contributed by atoms with Gasteiger partial charge in [-0.2, -0.15) is 0 Å². The fourth-order valence-electron chi connectivity index (χ4n) is 3.83. The van der Waals surface area contributed by atoms with Crippen LogP contribution in [-0.4, -0.2) is 58.6 Å². The normalized spacial score (nSPS) is 25.2. The molecule has 1 saturated carbocycles. The molecule has 166 valence electrons. The first kappa shape index (κ1) is 21.3. The minimum absolute atomic E-state index is 0.0394. The molecule has 1 amide bonds. The van der Waals surface area contributed by atoms with Gasteiger partial charge >= 0.3 is 5.97 Å². The molecule has 2 aliphatic rings. The predicted molar refractivity (Wildman–Crippen MR) is 98.3 cm³/mol. The molecule has 31 heavy (non-hydrogen) atoms. The van der Waals surface area contributed by atoms with Crippen molar-refractivity contribution in [2.45, 2.75) is 24.8 Å². The second-order valence-corrected chi connectivity index (χ2v) is 7.94. The van der Waals surface area contributed by atoms with Gasteiger partial charge in [0, 0.05) is 50.1 Å². The van der Waals surface area contributed by atoms with Crippen LogP contribution in [0.3, 0.4) is 0 Å². The number of carboxylic acid groups (broad SMARTS) is 1. The predicted octanol–water partition coefficient (Wildman–Crippen LogP) is 2.78. The molecule has 0 radical (unpaired) electrons. The highest BCUT2D eigenvalue weighted by Crippen LogP contribution is 2.49. The number of nitrogens with zero attached hydrogens (tertiary/aromatic N) is 2. The first-order valence-electron chi connectivity index (χ1n) is 9.70. The van der Waals surface area contributed by atoms with Gasteiger partial charge in [-0.25, -0.2) is 17.6 Å². The Bertz CT molecular complexity index is 1010. The van der Waals surface area contributed by atoms with Gasteiger partial charge in [0.25, 0.3) is 11.8 Å². The summed E-state index contributed by atoms with van der Waals surface area (Å²) in [7, 11) is 0. The first-order valence-corrected chi connectivity index (χ1v) is 9.70. The molecule has 1 aromatic carbocycles. The first-order chi connectivity index (χ1) is 14.6. The van der Waals surface area contributed by atoms with Gasteiger partial charge in [-0.1, -0.05) is 5.16 Å². The van der Waals surface area contributed by atoms with E-state index in [-0.39, 0.29) is 42.9 Å². The van der Waals surface area contributed by atoms with E-state index in [2.05, 4.69) is 10.5 Å². The molecular formula is C20H19F4N3O4. The summed E-state index contributed by atoms with van der Waals surface area (Å²) in [5.41, 5.74) is -0.274.